The fourth-order valence-electron chi connectivity index (χ4n) is 2.62. The Hall–Kier alpha value is -1.26. The Morgan fingerprint density at radius 1 is 1.35 bits per heavy atom. The van der Waals surface area contributed by atoms with Crippen molar-refractivity contribution in [3.63, 3.8) is 0 Å². The van der Waals surface area contributed by atoms with Crippen LogP contribution >= 0.6 is 11.6 Å². The standard InChI is InChI=1S/C15H22ClN3O/c16-13-6-5-12(4-3-7-18-11-15(17)20)14(10-13)19-8-1-2-9-19/h5-6,10,18H,1-4,7-9,11H2,(H2,17,20). The van der Waals surface area contributed by atoms with Crippen molar-refractivity contribution in [2.24, 2.45) is 5.73 Å². The number of rotatable bonds is 7. The number of carbonyl (C=O) groups excluding carboxylic acids is 1. The van der Waals surface area contributed by atoms with Gasteiger partial charge >= 0.3 is 0 Å². The molecule has 1 aliphatic heterocycles. The summed E-state index contributed by atoms with van der Waals surface area (Å²) in [5.74, 6) is -0.311. The molecule has 0 spiro atoms. The molecule has 4 nitrogen and oxygen atoms in total. The van der Waals surface area contributed by atoms with Crippen molar-refractivity contribution in [3.05, 3.63) is 28.8 Å². The molecule has 0 bridgehead atoms. The number of aryl methyl sites for hydroxylation is 1. The predicted molar refractivity (Wildman–Crippen MR) is 83.3 cm³/mol. The molecule has 2 rings (SSSR count). The summed E-state index contributed by atoms with van der Waals surface area (Å²) in [6, 6.07) is 6.14. The molecular weight excluding hydrogens is 274 g/mol. The van der Waals surface area contributed by atoms with E-state index in [0.29, 0.717) is 0 Å². The number of anilines is 1. The Kier molecular flexibility index (Phi) is 5.68. The SMILES string of the molecule is NC(=O)CNCCCc1ccc(Cl)cc1N1CCCC1. The number of carbonyl (C=O) groups is 1. The number of hydrogen-bond donors (Lipinski definition) is 2. The van der Waals surface area contributed by atoms with Crippen molar-refractivity contribution in [2.45, 2.75) is 25.7 Å². The van der Waals surface area contributed by atoms with Gasteiger partial charge in [-0.1, -0.05) is 17.7 Å². The molecule has 1 aromatic carbocycles. The van der Waals surface area contributed by atoms with Gasteiger partial charge in [0.15, 0.2) is 0 Å². The highest BCUT2D eigenvalue weighted by molar-refractivity contribution is 6.30. The lowest BCUT2D eigenvalue weighted by atomic mass is 10.1. The van der Waals surface area contributed by atoms with E-state index in [1.165, 1.54) is 24.1 Å². The average Bonchev–Trinajstić information content (AvgIpc) is 2.93. The zero-order chi connectivity index (χ0) is 14.4. The minimum Gasteiger partial charge on any atom is -0.371 e. The molecule has 20 heavy (non-hydrogen) atoms. The lowest BCUT2D eigenvalue weighted by molar-refractivity contribution is -0.117. The molecule has 1 aromatic rings. The molecule has 0 radical (unpaired) electrons. The lowest BCUT2D eigenvalue weighted by Gasteiger charge is -2.22. The molecule has 0 unspecified atom stereocenters. The third-order valence-corrected chi connectivity index (χ3v) is 3.83. The summed E-state index contributed by atoms with van der Waals surface area (Å²) >= 11 is 6.12. The Balaban J connectivity index is 1.91. The van der Waals surface area contributed by atoms with E-state index in [1.54, 1.807) is 0 Å². The summed E-state index contributed by atoms with van der Waals surface area (Å²) in [4.78, 5) is 13.1. The summed E-state index contributed by atoms with van der Waals surface area (Å²) in [6.07, 6.45) is 4.47. The van der Waals surface area contributed by atoms with Crippen molar-refractivity contribution in [1.29, 1.82) is 0 Å². The maximum atomic E-state index is 10.6. The van der Waals surface area contributed by atoms with Gasteiger partial charge in [-0.25, -0.2) is 0 Å². The Morgan fingerprint density at radius 2 is 2.10 bits per heavy atom. The first kappa shape index (κ1) is 15.1. The van der Waals surface area contributed by atoms with E-state index in [-0.39, 0.29) is 12.5 Å². The molecule has 1 heterocycles. The predicted octanol–water partition coefficient (Wildman–Crippen LogP) is 1.95. The zero-order valence-electron chi connectivity index (χ0n) is 11.7. The number of halogens is 1. The van der Waals surface area contributed by atoms with Gasteiger partial charge in [0.05, 0.1) is 6.54 Å². The number of benzene rings is 1. The van der Waals surface area contributed by atoms with E-state index in [1.807, 2.05) is 6.07 Å². The molecule has 0 atom stereocenters. The van der Waals surface area contributed by atoms with Crippen LogP contribution in [0.3, 0.4) is 0 Å². The van der Waals surface area contributed by atoms with E-state index in [2.05, 4.69) is 22.3 Å². The summed E-state index contributed by atoms with van der Waals surface area (Å²) in [6.45, 7) is 3.28. The summed E-state index contributed by atoms with van der Waals surface area (Å²) in [5, 5.41) is 3.84. The second kappa shape index (κ2) is 7.50. The Labute approximate surface area is 125 Å². The van der Waals surface area contributed by atoms with Crippen molar-refractivity contribution in [1.82, 2.24) is 5.32 Å². The number of nitrogens with two attached hydrogens (primary N) is 1. The fourth-order valence-corrected chi connectivity index (χ4v) is 2.78. The number of nitrogens with zero attached hydrogens (tertiary/aromatic N) is 1. The van der Waals surface area contributed by atoms with E-state index in [0.717, 1.165) is 37.5 Å². The molecule has 1 saturated heterocycles. The highest BCUT2D eigenvalue weighted by Crippen LogP contribution is 2.28. The lowest BCUT2D eigenvalue weighted by Crippen LogP contribution is -2.29. The third-order valence-electron chi connectivity index (χ3n) is 3.59. The zero-order valence-corrected chi connectivity index (χ0v) is 12.5. The van der Waals surface area contributed by atoms with E-state index in [9.17, 15) is 4.79 Å². The topological polar surface area (TPSA) is 58.4 Å². The molecule has 1 aliphatic rings. The van der Waals surface area contributed by atoms with Crippen LogP contribution in [0.1, 0.15) is 24.8 Å². The highest BCUT2D eigenvalue weighted by atomic mass is 35.5. The molecule has 5 heteroatoms. The number of nitrogens with one attached hydrogen (secondary N) is 1. The Bertz CT molecular complexity index is 458. The summed E-state index contributed by atoms with van der Waals surface area (Å²) in [7, 11) is 0. The van der Waals surface area contributed by atoms with Crippen LogP contribution < -0.4 is 16.0 Å². The van der Waals surface area contributed by atoms with Crippen LogP contribution in [-0.4, -0.2) is 32.1 Å². The van der Waals surface area contributed by atoms with E-state index in [4.69, 9.17) is 17.3 Å². The molecular formula is C15H22ClN3O. The van der Waals surface area contributed by atoms with Crippen LogP contribution in [0.4, 0.5) is 5.69 Å². The maximum absolute atomic E-state index is 10.6. The molecule has 0 aliphatic carbocycles. The van der Waals surface area contributed by atoms with Crippen LogP contribution in [-0.2, 0) is 11.2 Å². The maximum Gasteiger partial charge on any atom is 0.231 e. The largest absolute Gasteiger partial charge is 0.371 e. The highest BCUT2D eigenvalue weighted by Gasteiger charge is 2.15. The van der Waals surface area contributed by atoms with E-state index < -0.39 is 0 Å². The van der Waals surface area contributed by atoms with Gasteiger partial charge < -0.3 is 16.0 Å². The number of amides is 1. The molecule has 0 saturated carbocycles. The van der Waals surface area contributed by atoms with Crippen molar-refractivity contribution in [3.8, 4) is 0 Å². The molecule has 1 amide bonds. The smallest absolute Gasteiger partial charge is 0.231 e. The number of primary amides is 1. The van der Waals surface area contributed by atoms with Gasteiger partial charge in [0, 0.05) is 23.8 Å². The van der Waals surface area contributed by atoms with Crippen LogP contribution in [0.25, 0.3) is 0 Å². The second-order valence-corrected chi connectivity index (χ2v) is 5.65. The second-order valence-electron chi connectivity index (χ2n) is 5.21. The fraction of sp³-hybridized carbons (Fsp3) is 0.533. The quantitative estimate of drug-likeness (QED) is 0.756. The molecule has 1 fully saturated rings. The minimum absolute atomic E-state index is 0.250. The molecule has 0 aromatic heterocycles. The summed E-state index contributed by atoms with van der Waals surface area (Å²) < 4.78 is 0. The van der Waals surface area contributed by atoms with Gasteiger partial charge in [-0.3, -0.25) is 4.79 Å². The van der Waals surface area contributed by atoms with Gasteiger partial charge in [-0.15, -0.1) is 0 Å². The van der Waals surface area contributed by atoms with Crippen LogP contribution in [0, 0.1) is 0 Å². The monoisotopic (exact) mass is 295 g/mol. The average molecular weight is 296 g/mol. The van der Waals surface area contributed by atoms with Gasteiger partial charge in [0.1, 0.15) is 0 Å². The van der Waals surface area contributed by atoms with Gasteiger partial charge in [-0.2, -0.15) is 0 Å². The van der Waals surface area contributed by atoms with E-state index >= 15 is 0 Å². The number of hydrogen-bond acceptors (Lipinski definition) is 3. The third kappa shape index (κ3) is 4.39. The summed E-state index contributed by atoms with van der Waals surface area (Å²) in [5.41, 5.74) is 7.69. The van der Waals surface area contributed by atoms with Crippen molar-refractivity contribution >= 4 is 23.2 Å². The normalized spacial score (nSPS) is 14.8. The van der Waals surface area contributed by atoms with Crippen LogP contribution in [0.2, 0.25) is 5.02 Å². The minimum atomic E-state index is -0.311. The molecule has 3 N–H and O–H groups in total. The van der Waals surface area contributed by atoms with Crippen molar-refractivity contribution < 1.29 is 4.79 Å². The van der Waals surface area contributed by atoms with Gasteiger partial charge in [0.2, 0.25) is 5.91 Å². The first-order valence-electron chi connectivity index (χ1n) is 7.19. The first-order valence-corrected chi connectivity index (χ1v) is 7.57. The first-order chi connectivity index (χ1) is 9.66. The van der Waals surface area contributed by atoms with Crippen molar-refractivity contribution in [2.75, 3.05) is 31.1 Å². The van der Waals surface area contributed by atoms with Gasteiger partial charge in [0.25, 0.3) is 0 Å². The van der Waals surface area contributed by atoms with Crippen LogP contribution in [0.5, 0.6) is 0 Å². The Morgan fingerprint density at radius 3 is 2.80 bits per heavy atom. The van der Waals surface area contributed by atoms with Crippen LogP contribution in [0.15, 0.2) is 18.2 Å². The van der Waals surface area contributed by atoms with Gasteiger partial charge in [-0.05, 0) is 49.9 Å². The molecule has 110 valence electrons.